The average molecular weight is 435 g/mol. The first-order valence-corrected chi connectivity index (χ1v) is 10.9. The van der Waals surface area contributed by atoms with Crippen molar-refractivity contribution in [3.8, 4) is 0 Å². The number of carbonyl (C=O) groups is 1. The van der Waals surface area contributed by atoms with Crippen molar-refractivity contribution in [3.63, 3.8) is 0 Å². The van der Waals surface area contributed by atoms with Crippen molar-refractivity contribution in [2.45, 2.75) is 25.2 Å². The highest BCUT2D eigenvalue weighted by molar-refractivity contribution is 7.89. The quantitative estimate of drug-likeness (QED) is 0.543. The average Bonchev–Trinajstić information content (AvgIpc) is 2.96. The molecule has 0 N–H and O–H groups in total. The Morgan fingerprint density at radius 2 is 1.80 bits per heavy atom. The molecule has 0 bridgehead atoms. The molecule has 1 fully saturated rings. The van der Waals surface area contributed by atoms with E-state index in [-0.39, 0.29) is 42.3 Å². The normalized spacial score (nSPS) is 15.6. The van der Waals surface area contributed by atoms with E-state index in [1.807, 2.05) is 0 Å². The number of amides is 1. The van der Waals surface area contributed by atoms with Crippen LogP contribution in [0.5, 0.6) is 0 Å². The van der Waals surface area contributed by atoms with Gasteiger partial charge in [-0.05, 0) is 43.5 Å². The van der Waals surface area contributed by atoms with Crippen LogP contribution in [0.25, 0.3) is 0 Å². The summed E-state index contributed by atoms with van der Waals surface area (Å²) in [5.74, 6) is -1.12. The number of sulfonamides is 1. The lowest BCUT2D eigenvalue weighted by Gasteiger charge is -2.23. The van der Waals surface area contributed by atoms with Crippen LogP contribution in [0.15, 0.2) is 41.3 Å². The lowest BCUT2D eigenvalue weighted by molar-refractivity contribution is -0.385. The van der Waals surface area contributed by atoms with Crippen molar-refractivity contribution in [2.24, 2.45) is 0 Å². The molecule has 1 heterocycles. The first-order chi connectivity index (χ1) is 14.1. The predicted octanol–water partition coefficient (Wildman–Crippen LogP) is 2.89. The Labute approximate surface area is 174 Å². The summed E-state index contributed by atoms with van der Waals surface area (Å²) in [6.45, 7) is 3.79. The summed E-state index contributed by atoms with van der Waals surface area (Å²) >= 11 is 0. The van der Waals surface area contributed by atoms with Crippen LogP contribution in [0.1, 0.15) is 27.9 Å². The molecule has 0 atom stereocenters. The van der Waals surface area contributed by atoms with Gasteiger partial charge in [0.2, 0.25) is 10.0 Å². The maximum Gasteiger partial charge on any atom is 0.271 e. The molecule has 1 aliphatic heterocycles. The second-order valence-electron chi connectivity index (χ2n) is 7.17. The first-order valence-electron chi connectivity index (χ1n) is 9.42. The van der Waals surface area contributed by atoms with E-state index in [1.165, 1.54) is 33.5 Å². The van der Waals surface area contributed by atoms with Gasteiger partial charge in [0, 0.05) is 38.3 Å². The van der Waals surface area contributed by atoms with E-state index in [2.05, 4.69) is 0 Å². The molecule has 1 amide bonds. The first kappa shape index (κ1) is 21.8. The molecule has 0 spiro atoms. The van der Waals surface area contributed by atoms with Gasteiger partial charge < -0.3 is 4.90 Å². The summed E-state index contributed by atoms with van der Waals surface area (Å²) in [5, 5.41) is 11.2. The van der Waals surface area contributed by atoms with Crippen LogP contribution in [0.4, 0.5) is 10.1 Å². The molecule has 8 nitrogen and oxygen atoms in total. The number of non-ortho nitro benzene ring substituents is 1. The summed E-state index contributed by atoms with van der Waals surface area (Å²) in [7, 11) is -4.00. The minimum Gasteiger partial charge on any atom is -0.337 e. The number of hydrogen-bond donors (Lipinski definition) is 0. The molecular weight excluding hydrogens is 413 g/mol. The van der Waals surface area contributed by atoms with Gasteiger partial charge in [0.1, 0.15) is 5.82 Å². The van der Waals surface area contributed by atoms with Crippen LogP contribution in [-0.2, 0) is 10.0 Å². The topological polar surface area (TPSA) is 101 Å². The van der Waals surface area contributed by atoms with Crippen LogP contribution in [0.2, 0.25) is 0 Å². The number of benzene rings is 2. The Bertz CT molecular complexity index is 1100. The number of rotatable bonds is 4. The largest absolute Gasteiger partial charge is 0.337 e. The Morgan fingerprint density at radius 1 is 1.10 bits per heavy atom. The second-order valence-corrected chi connectivity index (χ2v) is 9.08. The van der Waals surface area contributed by atoms with Gasteiger partial charge in [-0.2, -0.15) is 4.31 Å². The lowest BCUT2D eigenvalue weighted by Crippen LogP contribution is -2.37. The van der Waals surface area contributed by atoms with Crippen LogP contribution in [0.3, 0.4) is 0 Å². The van der Waals surface area contributed by atoms with Gasteiger partial charge >= 0.3 is 0 Å². The summed E-state index contributed by atoms with van der Waals surface area (Å²) in [6.07, 6.45) is 0.367. The van der Waals surface area contributed by atoms with Crippen molar-refractivity contribution in [3.05, 3.63) is 69.0 Å². The summed E-state index contributed by atoms with van der Waals surface area (Å²) in [5.41, 5.74) is 0.611. The van der Waals surface area contributed by atoms with E-state index in [1.54, 1.807) is 19.9 Å². The van der Waals surface area contributed by atoms with Crippen molar-refractivity contribution in [1.29, 1.82) is 0 Å². The number of carbonyl (C=O) groups excluding carboxylic acids is 1. The molecule has 0 aliphatic carbocycles. The number of hydrogen-bond acceptors (Lipinski definition) is 5. The van der Waals surface area contributed by atoms with Crippen molar-refractivity contribution in [2.75, 3.05) is 26.2 Å². The predicted molar refractivity (Wildman–Crippen MR) is 108 cm³/mol. The molecular formula is C20H22FN3O5S. The van der Waals surface area contributed by atoms with Crippen molar-refractivity contribution < 1.29 is 22.5 Å². The number of nitrogens with zero attached hydrogens (tertiary/aromatic N) is 3. The number of nitro groups is 1. The number of halogens is 1. The van der Waals surface area contributed by atoms with E-state index >= 15 is 0 Å². The zero-order valence-corrected chi connectivity index (χ0v) is 17.5. The fraction of sp³-hybridized carbons (Fsp3) is 0.350. The molecule has 2 aromatic carbocycles. The van der Waals surface area contributed by atoms with Gasteiger partial charge in [0.15, 0.2) is 0 Å². The molecule has 10 heteroatoms. The molecule has 0 aromatic heterocycles. The van der Waals surface area contributed by atoms with E-state index in [4.69, 9.17) is 0 Å². The third-order valence-electron chi connectivity index (χ3n) is 5.28. The van der Waals surface area contributed by atoms with Crippen molar-refractivity contribution in [1.82, 2.24) is 9.21 Å². The third kappa shape index (κ3) is 4.19. The number of aryl methyl sites for hydroxylation is 1. The highest BCUT2D eigenvalue weighted by Crippen LogP contribution is 2.28. The fourth-order valence-corrected chi connectivity index (χ4v) is 5.25. The summed E-state index contributed by atoms with van der Waals surface area (Å²) in [4.78, 5) is 24.5. The van der Waals surface area contributed by atoms with Gasteiger partial charge in [0.25, 0.3) is 11.6 Å². The molecule has 1 saturated heterocycles. The maximum atomic E-state index is 14.0. The molecule has 3 rings (SSSR count). The Hall–Kier alpha value is -2.85. The number of nitro benzene ring substituents is 1. The SMILES string of the molecule is Cc1cc([N+](=O)[O-])cc(S(=O)(=O)N2CCCN(C(=O)c3ccccc3F)CC2)c1C. The van der Waals surface area contributed by atoms with E-state index < -0.39 is 26.7 Å². The molecule has 2 aromatic rings. The van der Waals surface area contributed by atoms with Crippen LogP contribution < -0.4 is 0 Å². The van der Waals surface area contributed by atoms with Gasteiger partial charge in [-0.1, -0.05) is 12.1 Å². The van der Waals surface area contributed by atoms with Crippen LogP contribution in [-0.4, -0.2) is 54.6 Å². The van der Waals surface area contributed by atoms with Gasteiger partial charge in [-0.3, -0.25) is 14.9 Å². The second kappa shape index (κ2) is 8.49. The van der Waals surface area contributed by atoms with Crippen LogP contribution in [0, 0.1) is 29.8 Å². The van der Waals surface area contributed by atoms with Crippen molar-refractivity contribution >= 4 is 21.6 Å². The van der Waals surface area contributed by atoms with E-state index in [0.717, 1.165) is 6.07 Å². The smallest absolute Gasteiger partial charge is 0.271 e. The minimum atomic E-state index is -4.00. The van der Waals surface area contributed by atoms with Gasteiger partial charge in [-0.25, -0.2) is 12.8 Å². The van der Waals surface area contributed by atoms with Crippen LogP contribution >= 0.6 is 0 Å². The zero-order chi connectivity index (χ0) is 22.1. The van der Waals surface area contributed by atoms with Gasteiger partial charge in [0.05, 0.1) is 15.4 Å². The molecule has 0 radical (unpaired) electrons. The Morgan fingerprint density at radius 3 is 2.47 bits per heavy atom. The van der Waals surface area contributed by atoms with Gasteiger partial charge in [-0.15, -0.1) is 0 Å². The Balaban J connectivity index is 1.85. The maximum absolute atomic E-state index is 14.0. The van der Waals surface area contributed by atoms with E-state index in [9.17, 15) is 27.7 Å². The monoisotopic (exact) mass is 435 g/mol. The Kier molecular flexibility index (Phi) is 6.18. The summed E-state index contributed by atoms with van der Waals surface area (Å²) < 4.78 is 41.6. The highest BCUT2D eigenvalue weighted by Gasteiger charge is 2.31. The molecule has 1 aliphatic rings. The highest BCUT2D eigenvalue weighted by atomic mass is 32.2. The molecule has 160 valence electrons. The standard InChI is InChI=1S/C20H22FN3O5S/c1-14-12-16(24(26)27)13-19(15(14)2)30(28,29)23-9-5-8-22(10-11-23)20(25)17-6-3-4-7-18(17)21/h3-4,6-7,12-13H,5,8-11H2,1-2H3. The fourth-order valence-electron chi connectivity index (χ4n) is 3.46. The molecule has 0 unspecified atom stereocenters. The third-order valence-corrected chi connectivity index (χ3v) is 7.30. The lowest BCUT2D eigenvalue weighted by atomic mass is 10.1. The molecule has 30 heavy (non-hydrogen) atoms. The van der Waals surface area contributed by atoms with E-state index in [0.29, 0.717) is 17.5 Å². The minimum absolute atomic E-state index is 0.0176. The summed E-state index contributed by atoms with van der Waals surface area (Å²) in [6, 6.07) is 8.07. The molecule has 0 saturated carbocycles. The zero-order valence-electron chi connectivity index (χ0n) is 16.7.